The highest BCUT2D eigenvalue weighted by Gasteiger charge is 2.18. The maximum Gasteiger partial charge on any atom is 0.349 e. The molecule has 1 aromatic carbocycles. The summed E-state index contributed by atoms with van der Waals surface area (Å²) in [6.45, 7) is 0.354. The molecule has 2 heterocycles. The quantitative estimate of drug-likeness (QED) is 0.687. The van der Waals surface area contributed by atoms with Gasteiger partial charge in [0.1, 0.15) is 5.75 Å². The van der Waals surface area contributed by atoms with Gasteiger partial charge in [0.05, 0.1) is 6.61 Å². The summed E-state index contributed by atoms with van der Waals surface area (Å²) >= 11 is 7.30. The molecule has 1 N–H and O–H groups in total. The summed E-state index contributed by atoms with van der Waals surface area (Å²) < 4.78 is 5.71. The van der Waals surface area contributed by atoms with E-state index in [1.165, 1.54) is 11.3 Å². The SMILES string of the molecule is O=C(O)c1sc(-c2cccnc2)cc1OCCc1ccccc1Cl. The fourth-order valence-corrected chi connectivity index (χ4v) is 3.41. The van der Waals surface area contributed by atoms with E-state index < -0.39 is 5.97 Å². The molecule has 0 fully saturated rings. The van der Waals surface area contributed by atoms with E-state index in [4.69, 9.17) is 16.3 Å². The molecule has 2 aromatic heterocycles. The van der Waals surface area contributed by atoms with Gasteiger partial charge in [-0.2, -0.15) is 0 Å². The van der Waals surface area contributed by atoms with Crippen LogP contribution in [0, 0.1) is 0 Å². The first kappa shape index (κ1) is 16.5. The van der Waals surface area contributed by atoms with E-state index in [9.17, 15) is 9.90 Å². The van der Waals surface area contributed by atoms with Crippen molar-refractivity contribution < 1.29 is 14.6 Å². The molecule has 0 saturated carbocycles. The summed E-state index contributed by atoms with van der Waals surface area (Å²) in [5.74, 6) is -0.624. The minimum absolute atomic E-state index is 0.188. The number of hydrogen-bond acceptors (Lipinski definition) is 4. The highest BCUT2D eigenvalue weighted by atomic mass is 35.5. The first-order valence-corrected chi connectivity index (χ1v) is 8.48. The molecule has 122 valence electrons. The Balaban J connectivity index is 1.76. The Morgan fingerprint density at radius 2 is 2.08 bits per heavy atom. The van der Waals surface area contributed by atoms with Crippen LogP contribution in [0.5, 0.6) is 5.75 Å². The Kier molecular flexibility index (Phi) is 5.13. The molecule has 0 radical (unpaired) electrons. The maximum atomic E-state index is 11.4. The van der Waals surface area contributed by atoms with E-state index in [0.29, 0.717) is 23.8 Å². The van der Waals surface area contributed by atoms with Gasteiger partial charge >= 0.3 is 5.97 Å². The number of nitrogens with zero attached hydrogens (tertiary/aromatic N) is 1. The Hall–Kier alpha value is -2.37. The number of carboxylic acids is 1. The number of carboxylic acid groups (broad SMARTS) is 1. The monoisotopic (exact) mass is 359 g/mol. The fraction of sp³-hybridized carbons (Fsp3) is 0.111. The summed E-state index contributed by atoms with van der Waals surface area (Å²) in [6.07, 6.45) is 3.98. The van der Waals surface area contributed by atoms with Crippen molar-refractivity contribution in [3.8, 4) is 16.2 Å². The van der Waals surface area contributed by atoms with Gasteiger partial charge in [-0.05, 0) is 23.8 Å². The molecule has 3 aromatic rings. The number of aromatic carboxylic acids is 1. The first-order chi connectivity index (χ1) is 11.6. The second kappa shape index (κ2) is 7.47. The van der Waals surface area contributed by atoms with Gasteiger partial charge in [-0.1, -0.05) is 35.9 Å². The van der Waals surface area contributed by atoms with Gasteiger partial charge < -0.3 is 9.84 Å². The number of hydrogen-bond donors (Lipinski definition) is 1. The standard InChI is InChI=1S/C18H14ClNO3S/c19-14-6-2-1-4-12(14)7-9-23-15-10-16(24-17(15)18(21)22)13-5-3-8-20-11-13/h1-6,8,10-11H,7,9H2,(H,21,22). The van der Waals surface area contributed by atoms with Crippen molar-refractivity contribution in [1.82, 2.24) is 4.98 Å². The lowest BCUT2D eigenvalue weighted by molar-refractivity contribution is 0.0698. The molecule has 0 atom stereocenters. The zero-order valence-electron chi connectivity index (χ0n) is 12.6. The number of thiophene rings is 1. The van der Waals surface area contributed by atoms with Crippen molar-refractivity contribution in [3.63, 3.8) is 0 Å². The summed E-state index contributed by atoms with van der Waals surface area (Å²) in [5, 5.41) is 10.1. The second-order valence-electron chi connectivity index (χ2n) is 5.04. The van der Waals surface area contributed by atoms with Gasteiger partial charge in [-0.15, -0.1) is 11.3 Å². The average Bonchev–Trinajstić information content (AvgIpc) is 3.02. The fourth-order valence-electron chi connectivity index (χ4n) is 2.25. The smallest absolute Gasteiger partial charge is 0.349 e. The van der Waals surface area contributed by atoms with E-state index in [-0.39, 0.29) is 4.88 Å². The van der Waals surface area contributed by atoms with Crippen LogP contribution in [0.1, 0.15) is 15.2 Å². The molecule has 0 aliphatic heterocycles. The van der Waals surface area contributed by atoms with E-state index in [1.54, 1.807) is 18.5 Å². The first-order valence-electron chi connectivity index (χ1n) is 7.29. The lowest BCUT2D eigenvalue weighted by Crippen LogP contribution is -2.04. The molecule has 0 aliphatic rings. The topological polar surface area (TPSA) is 59.4 Å². The third-order valence-corrected chi connectivity index (χ3v) is 4.95. The molecule has 0 spiro atoms. The molecule has 6 heteroatoms. The Labute approximate surface area is 148 Å². The molecule has 0 unspecified atom stereocenters. The molecule has 0 saturated heterocycles. The summed E-state index contributed by atoms with van der Waals surface area (Å²) in [4.78, 5) is 16.5. The van der Waals surface area contributed by atoms with Gasteiger partial charge in [0.25, 0.3) is 0 Å². The second-order valence-corrected chi connectivity index (χ2v) is 6.50. The highest BCUT2D eigenvalue weighted by molar-refractivity contribution is 7.17. The van der Waals surface area contributed by atoms with Crippen molar-refractivity contribution in [2.24, 2.45) is 0 Å². The number of pyridine rings is 1. The van der Waals surface area contributed by atoms with Crippen molar-refractivity contribution in [2.45, 2.75) is 6.42 Å². The zero-order chi connectivity index (χ0) is 16.9. The Morgan fingerprint density at radius 3 is 2.79 bits per heavy atom. The number of rotatable bonds is 6. The molecule has 0 bridgehead atoms. The molecule has 3 rings (SSSR count). The summed E-state index contributed by atoms with van der Waals surface area (Å²) in [5.41, 5.74) is 1.84. The van der Waals surface area contributed by atoms with Gasteiger partial charge in [0.2, 0.25) is 0 Å². The van der Waals surface area contributed by atoms with Crippen LogP contribution >= 0.6 is 22.9 Å². The average molecular weight is 360 g/mol. The Morgan fingerprint density at radius 1 is 1.25 bits per heavy atom. The van der Waals surface area contributed by atoms with Crippen LogP contribution in [0.3, 0.4) is 0 Å². The number of carbonyl (C=O) groups is 1. The van der Waals surface area contributed by atoms with Gasteiger partial charge in [-0.3, -0.25) is 4.98 Å². The molecular formula is C18H14ClNO3S. The van der Waals surface area contributed by atoms with E-state index >= 15 is 0 Å². The summed E-state index contributed by atoms with van der Waals surface area (Å²) in [6, 6.07) is 13.0. The van der Waals surface area contributed by atoms with E-state index in [2.05, 4.69) is 4.98 Å². The van der Waals surface area contributed by atoms with Crippen LogP contribution in [0.2, 0.25) is 5.02 Å². The van der Waals surface area contributed by atoms with Crippen LogP contribution in [0.4, 0.5) is 0 Å². The van der Waals surface area contributed by atoms with Crippen LogP contribution in [-0.4, -0.2) is 22.7 Å². The minimum atomic E-state index is -0.997. The van der Waals surface area contributed by atoms with Crippen molar-refractivity contribution >= 4 is 28.9 Å². The van der Waals surface area contributed by atoms with Gasteiger partial charge in [0, 0.05) is 34.3 Å². The molecule has 24 heavy (non-hydrogen) atoms. The van der Waals surface area contributed by atoms with Crippen molar-refractivity contribution in [2.75, 3.05) is 6.61 Å². The largest absolute Gasteiger partial charge is 0.491 e. The highest BCUT2D eigenvalue weighted by Crippen LogP contribution is 2.36. The normalized spacial score (nSPS) is 10.5. The lowest BCUT2D eigenvalue weighted by Gasteiger charge is -2.06. The number of ether oxygens (including phenoxy) is 1. The van der Waals surface area contributed by atoms with Crippen molar-refractivity contribution in [1.29, 1.82) is 0 Å². The maximum absolute atomic E-state index is 11.4. The third kappa shape index (κ3) is 3.75. The third-order valence-electron chi connectivity index (χ3n) is 3.43. The lowest BCUT2D eigenvalue weighted by atomic mass is 10.2. The Bertz CT molecular complexity index is 848. The number of halogens is 1. The van der Waals surface area contributed by atoms with Crippen LogP contribution in [0.25, 0.3) is 10.4 Å². The molecule has 4 nitrogen and oxygen atoms in total. The van der Waals surface area contributed by atoms with Crippen molar-refractivity contribution in [3.05, 3.63) is 70.3 Å². The number of aromatic nitrogens is 1. The summed E-state index contributed by atoms with van der Waals surface area (Å²) in [7, 11) is 0. The van der Waals surface area contributed by atoms with E-state index in [0.717, 1.165) is 16.0 Å². The van der Waals surface area contributed by atoms with Gasteiger partial charge in [-0.25, -0.2) is 4.79 Å². The zero-order valence-corrected chi connectivity index (χ0v) is 14.2. The minimum Gasteiger partial charge on any atom is -0.491 e. The van der Waals surface area contributed by atoms with Crippen LogP contribution in [-0.2, 0) is 6.42 Å². The predicted molar refractivity (Wildman–Crippen MR) is 95.2 cm³/mol. The predicted octanol–water partition coefficient (Wildman–Crippen LogP) is 4.78. The molecule has 0 aliphatic carbocycles. The van der Waals surface area contributed by atoms with E-state index in [1.807, 2.05) is 36.4 Å². The van der Waals surface area contributed by atoms with Crippen LogP contribution in [0.15, 0.2) is 54.9 Å². The number of benzene rings is 1. The molecule has 0 amide bonds. The van der Waals surface area contributed by atoms with Gasteiger partial charge in [0.15, 0.2) is 4.88 Å². The molecular weight excluding hydrogens is 346 g/mol. The van der Waals surface area contributed by atoms with Crippen LogP contribution < -0.4 is 4.74 Å².